The predicted molar refractivity (Wildman–Crippen MR) is 96.2 cm³/mol. The minimum absolute atomic E-state index is 0.0618. The molecule has 0 heterocycles. The van der Waals surface area contributed by atoms with Crippen LogP contribution in [0.1, 0.15) is 10.4 Å². The third kappa shape index (κ3) is 4.82. The maximum Gasteiger partial charge on any atom is 0.255 e. The van der Waals surface area contributed by atoms with E-state index in [0.717, 1.165) is 0 Å². The highest BCUT2D eigenvalue weighted by atomic mass is 35.5. The Bertz CT molecular complexity index is 845. The Morgan fingerprint density at radius 3 is 2.21 bits per heavy atom. The highest BCUT2D eigenvalue weighted by Crippen LogP contribution is 2.23. The molecule has 0 saturated carbocycles. The van der Waals surface area contributed by atoms with Gasteiger partial charge in [0.15, 0.2) is 0 Å². The second kappa shape index (κ2) is 7.81. The van der Waals surface area contributed by atoms with Crippen LogP contribution in [0.15, 0.2) is 60.0 Å². The molecule has 2 aromatic rings. The maximum atomic E-state index is 12.2. The molecule has 0 fully saturated rings. The number of hydrogen-bond donors (Lipinski definition) is 2. The van der Waals surface area contributed by atoms with Crippen LogP contribution in [0, 0.1) is 0 Å². The molecule has 0 saturated heterocycles. The SMILES string of the molecule is C=CCNS(=O)(=O)c1ccc(C(=O)Nc2cc(Cl)cc(Cl)c2)cc1. The maximum absolute atomic E-state index is 12.2. The molecular weight excluding hydrogens is 371 g/mol. The van der Waals surface area contributed by atoms with E-state index in [2.05, 4.69) is 16.6 Å². The number of carbonyl (C=O) groups is 1. The first-order chi connectivity index (χ1) is 11.3. The van der Waals surface area contributed by atoms with Gasteiger partial charge in [0.1, 0.15) is 0 Å². The van der Waals surface area contributed by atoms with Crippen molar-refractivity contribution in [3.8, 4) is 0 Å². The molecule has 5 nitrogen and oxygen atoms in total. The van der Waals surface area contributed by atoms with Gasteiger partial charge in [0, 0.05) is 27.8 Å². The van der Waals surface area contributed by atoms with E-state index in [0.29, 0.717) is 21.3 Å². The lowest BCUT2D eigenvalue weighted by molar-refractivity contribution is 0.102. The molecule has 0 radical (unpaired) electrons. The number of amides is 1. The average Bonchev–Trinajstić information content (AvgIpc) is 2.52. The number of halogens is 2. The second-order valence-corrected chi connectivity index (χ2v) is 7.42. The Morgan fingerprint density at radius 1 is 1.08 bits per heavy atom. The van der Waals surface area contributed by atoms with E-state index in [4.69, 9.17) is 23.2 Å². The van der Waals surface area contributed by atoms with Crippen molar-refractivity contribution in [2.45, 2.75) is 4.90 Å². The van der Waals surface area contributed by atoms with Crippen molar-refractivity contribution in [2.24, 2.45) is 0 Å². The van der Waals surface area contributed by atoms with E-state index < -0.39 is 15.9 Å². The highest BCUT2D eigenvalue weighted by molar-refractivity contribution is 7.89. The first-order valence-corrected chi connectivity index (χ1v) is 9.04. The van der Waals surface area contributed by atoms with Crippen LogP contribution >= 0.6 is 23.2 Å². The average molecular weight is 385 g/mol. The summed E-state index contributed by atoms with van der Waals surface area (Å²) in [7, 11) is -3.62. The highest BCUT2D eigenvalue weighted by Gasteiger charge is 2.14. The van der Waals surface area contributed by atoms with Crippen LogP contribution in [-0.2, 0) is 10.0 Å². The fourth-order valence-corrected chi connectivity index (χ4v) is 3.39. The molecule has 0 aliphatic heterocycles. The molecule has 2 N–H and O–H groups in total. The third-order valence-electron chi connectivity index (χ3n) is 2.96. The number of rotatable bonds is 6. The zero-order valence-corrected chi connectivity index (χ0v) is 14.8. The molecule has 1 amide bonds. The van der Waals surface area contributed by atoms with Gasteiger partial charge in [-0.3, -0.25) is 4.79 Å². The molecule has 0 aromatic heterocycles. The van der Waals surface area contributed by atoms with Crippen molar-refractivity contribution >= 4 is 44.8 Å². The van der Waals surface area contributed by atoms with Gasteiger partial charge in [0.2, 0.25) is 10.0 Å². The molecule has 126 valence electrons. The number of nitrogens with one attached hydrogen (secondary N) is 2. The standard InChI is InChI=1S/C16H14Cl2N2O3S/c1-2-7-19-24(22,23)15-5-3-11(4-6-15)16(21)20-14-9-12(17)8-13(18)10-14/h2-6,8-10,19H,1,7H2,(H,20,21). The lowest BCUT2D eigenvalue weighted by Crippen LogP contribution is -2.23. The molecule has 8 heteroatoms. The third-order valence-corrected chi connectivity index (χ3v) is 4.84. The van der Waals surface area contributed by atoms with Crippen LogP contribution < -0.4 is 10.0 Å². The van der Waals surface area contributed by atoms with Gasteiger partial charge in [0.25, 0.3) is 5.91 Å². The quantitative estimate of drug-likeness (QED) is 0.745. The predicted octanol–water partition coefficient (Wildman–Crippen LogP) is 3.71. The summed E-state index contributed by atoms with van der Waals surface area (Å²) in [6.45, 7) is 3.57. The fraction of sp³-hybridized carbons (Fsp3) is 0.0625. The number of hydrogen-bond acceptors (Lipinski definition) is 3. The number of sulfonamides is 1. The Morgan fingerprint density at radius 2 is 1.67 bits per heavy atom. The van der Waals surface area contributed by atoms with Crippen molar-refractivity contribution in [1.29, 1.82) is 0 Å². The Labute approximate surface area is 150 Å². The summed E-state index contributed by atoms with van der Waals surface area (Å²) < 4.78 is 26.2. The van der Waals surface area contributed by atoms with E-state index >= 15 is 0 Å². The van der Waals surface area contributed by atoms with Gasteiger partial charge in [-0.2, -0.15) is 0 Å². The van der Waals surface area contributed by atoms with Gasteiger partial charge in [0.05, 0.1) is 4.90 Å². The van der Waals surface area contributed by atoms with Gasteiger partial charge < -0.3 is 5.32 Å². The fourth-order valence-electron chi connectivity index (χ4n) is 1.87. The summed E-state index contributed by atoms with van der Waals surface area (Å²) in [6, 6.07) is 10.2. The zero-order chi connectivity index (χ0) is 17.7. The molecule has 2 aromatic carbocycles. The number of carbonyl (C=O) groups excluding carboxylic acids is 1. The van der Waals surface area contributed by atoms with E-state index in [-0.39, 0.29) is 11.4 Å². The van der Waals surface area contributed by atoms with Crippen LogP contribution in [-0.4, -0.2) is 20.9 Å². The van der Waals surface area contributed by atoms with Crippen LogP contribution in [0.2, 0.25) is 10.0 Å². The van der Waals surface area contributed by atoms with E-state index in [1.54, 1.807) is 18.2 Å². The normalized spacial score (nSPS) is 11.1. The summed E-state index contributed by atoms with van der Waals surface area (Å²) in [5, 5.41) is 3.44. The van der Waals surface area contributed by atoms with Gasteiger partial charge in [-0.15, -0.1) is 6.58 Å². The van der Waals surface area contributed by atoms with Crippen molar-refractivity contribution in [3.63, 3.8) is 0 Å². The number of benzene rings is 2. The summed E-state index contributed by atoms with van der Waals surface area (Å²) in [5.41, 5.74) is 0.746. The minimum atomic E-state index is -3.62. The summed E-state index contributed by atoms with van der Waals surface area (Å²) in [4.78, 5) is 12.3. The van der Waals surface area contributed by atoms with Gasteiger partial charge in [-0.05, 0) is 42.5 Å². The smallest absolute Gasteiger partial charge is 0.255 e. The number of anilines is 1. The Hall–Kier alpha value is -1.86. The largest absolute Gasteiger partial charge is 0.322 e. The molecule has 0 aliphatic carbocycles. The summed E-state index contributed by atoms with van der Waals surface area (Å²) >= 11 is 11.8. The van der Waals surface area contributed by atoms with Crippen molar-refractivity contribution in [3.05, 3.63) is 70.7 Å². The van der Waals surface area contributed by atoms with Crippen molar-refractivity contribution in [1.82, 2.24) is 4.72 Å². The first-order valence-electron chi connectivity index (χ1n) is 6.80. The van der Waals surface area contributed by atoms with E-state index in [1.165, 1.54) is 30.3 Å². The molecular formula is C16H14Cl2N2O3S. The monoisotopic (exact) mass is 384 g/mol. The molecule has 24 heavy (non-hydrogen) atoms. The Balaban J connectivity index is 2.15. The molecule has 0 spiro atoms. The topological polar surface area (TPSA) is 75.3 Å². The first kappa shape index (κ1) is 18.5. The van der Waals surface area contributed by atoms with Crippen molar-refractivity contribution in [2.75, 3.05) is 11.9 Å². The molecule has 0 bridgehead atoms. The Kier molecular flexibility index (Phi) is 6.01. The zero-order valence-electron chi connectivity index (χ0n) is 12.4. The van der Waals surface area contributed by atoms with Crippen LogP contribution in [0.4, 0.5) is 5.69 Å². The lowest BCUT2D eigenvalue weighted by atomic mass is 10.2. The van der Waals surface area contributed by atoms with E-state index in [1.807, 2.05) is 0 Å². The summed E-state index contributed by atoms with van der Waals surface area (Å²) in [6.07, 6.45) is 1.44. The van der Waals surface area contributed by atoms with E-state index in [9.17, 15) is 13.2 Å². The van der Waals surface area contributed by atoms with Gasteiger partial charge in [-0.25, -0.2) is 13.1 Å². The lowest BCUT2D eigenvalue weighted by Gasteiger charge is -2.08. The van der Waals surface area contributed by atoms with Gasteiger partial charge >= 0.3 is 0 Å². The molecule has 0 atom stereocenters. The van der Waals surface area contributed by atoms with Gasteiger partial charge in [-0.1, -0.05) is 29.3 Å². The van der Waals surface area contributed by atoms with Crippen LogP contribution in [0.5, 0.6) is 0 Å². The van der Waals surface area contributed by atoms with Crippen LogP contribution in [0.3, 0.4) is 0 Å². The molecule has 0 aliphatic rings. The molecule has 2 rings (SSSR count). The minimum Gasteiger partial charge on any atom is -0.322 e. The molecule has 0 unspecified atom stereocenters. The van der Waals surface area contributed by atoms with Crippen molar-refractivity contribution < 1.29 is 13.2 Å². The van der Waals surface area contributed by atoms with Crippen LogP contribution in [0.25, 0.3) is 0 Å². The second-order valence-electron chi connectivity index (χ2n) is 4.78. The summed E-state index contributed by atoms with van der Waals surface area (Å²) in [5.74, 6) is -0.406.